The maximum atomic E-state index is 13.2. The number of rotatable bonds is 8. The van der Waals surface area contributed by atoms with E-state index in [9.17, 15) is 4.79 Å². The summed E-state index contributed by atoms with van der Waals surface area (Å²) in [6, 6.07) is 15.4. The molecule has 0 saturated carbocycles. The lowest BCUT2D eigenvalue weighted by atomic mass is 10.1. The lowest BCUT2D eigenvalue weighted by Gasteiger charge is -2.35. The molecular formula is C28H31N3O5. The van der Waals surface area contributed by atoms with Crippen LogP contribution in [0.5, 0.6) is 23.0 Å². The summed E-state index contributed by atoms with van der Waals surface area (Å²) in [7, 11) is 0. The fraction of sp³-hybridized carbons (Fsp3) is 0.357. The van der Waals surface area contributed by atoms with Gasteiger partial charge in [-0.25, -0.2) is 0 Å². The van der Waals surface area contributed by atoms with E-state index in [1.54, 1.807) is 18.5 Å². The van der Waals surface area contributed by atoms with Gasteiger partial charge in [-0.3, -0.25) is 14.7 Å². The summed E-state index contributed by atoms with van der Waals surface area (Å²) in [5, 5.41) is 0. The van der Waals surface area contributed by atoms with Crippen molar-refractivity contribution in [3.63, 3.8) is 0 Å². The fourth-order valence-corrected chi connectivity index (χ4v) is 4.41. The molecule has 1 fully saturated rings. The van der Waals surface area contributed by atoms with E-state index >= 15 is 0 Å². The molecule has 0 bridgehead atoms. The van der Waals surface area contributed by atoms with Gasteiger partial charge in [0.25, 0.3) is 5.91 Å². The molecule has 0 radical (unpaired) electrons. The molecule has 0 spiro atoms. The van der Waals surface area contributed by atoms with Crippen LogP contribution in [0.3, 0.4) is 0 Å². The van der Waals surface area contributed by atoms with Gasteiger partial charge >= 0.3 is 0 Å². The van der Waals surface area contributed by atoms with E-state index in [2.05, 4.69) is 22.0 Å². The van der Waals surface area contributed by atoms with Crippen molar-refractivity contribution in [1.29, 1.82) is 0 Å². The number of hydrogen-bond acceptors (Lipinski definition) is 7. The van der Waals surface area contributed by atoms with Crippen molar-refractivity contribution in [2.45, 2.75) is 20.1 Å². The van der Waals surface area contributed by atoms with E-state index in [4.69, 9.17) is 18.9 Å². The van der Waals surface area contributed by atoms with Crippen LogP contribution in [0.4, 0.5) is 0 Å². The summed E-state index contributed by atoms with van der Waals surface area (Å²) >= 11 is 0. The van der Waals surface area contributed by atoms with Crippen LogP contribution in [-0.2, 0) is 13.2 Å². The highest BCUT2D eigenvalue weighted by atomic mass is 16.6. The first kappa shape index (κ1) is 23.9. The van der Waals surface area contributed by atoms with Crippen LogP contribution < -0.4 is 18.9 Å². The van der Waals surface area contributed by atoms with Crippen LogP contribution in [0.1, 0.15) is 28.4 Å². The Morgan fingerprint density at radius 2 is 1.75 bits per heavy atom. The number of ether oxygens (including phenoxy) is 4. The van der Waals surface area contributed by atoms with E-state index in [0.29, 0.717) is 56.6 Å². The topological polar surface area (TPSA) is 73.4 Å². The number of piperazine rings is 1. The minimum Gasteiger partial charge on any atom is -0.490 e. The maximum Gasteiger partial charge on any atom is 0.254 e. The Morgan fingerprint density at radius 3 is 2.53 bits per heavy atom. The van der Waals surface area contributed by atoms with Gasteiger partial charge in [0.1, 0.15) is 19.8 Å². The molecule has 8 heteroatoms. The Morgan fingerprint density at radius 1 is 0.917 bits per heavy atom. The van der Waals surface area contributed by atoms with Gasteiger partial charge in [0.05, 0.1) is 6.61 Å². The zero-order valence-corrected chi connectivity index (χ0v) is 20.5. The zero-order chi connectivity index (χ0) is 24.7. The van der Waals surface area contributed by atoms with Gasteiger partial charge < -0.3 is 23.8 Å². The van der Waals surface area contributed by atoms with Gasteiger partial charge in [0.2, 0.25) is 0 Å². The number of hydrogen-bond donors (Lipinski definition) is 0. The lowest BCUT2D eigenvalue weighted by Crippen LogP contribution is -2.48. The highest BCUT2D eigenvalue weighted by Gasteiger charge is 2.24. The number of carbonyl (C=O) groups excluding carboxylic acids is 1. The van der Waals surface area contributed by atoms with Crippen LogP contribution in [0.25, 0.3) is 0 Å². The lowest BCUT2D eigenvalue weighted by molar-refractivity contribution is 0.0627. The first-order valence-corrected chi connectivity index (χ1v) is 12.4. The number of amides is 1. The second-order valence-corrected chi connectivity index (χ2v) is 8.79. The Labute approximate surface area is 211 Å². The van der Waals surface area contributed by atoms with Crippen molar-refractivity contribution in [2.24, 2.45) is 0 Å². The molecule has 1 amide bonds. The van der Waals surface area contributed by atoms with Crippen molar-refractivity contribution in [3.05, 3.63) is 77.6 Å². The molecule has 5 rings (SSSR count). The minimum atomic E-state index is 0.00809. The van der Waals surface area contributed by atoms with Gasteiger partial charge in [0, 0.05) is 56.2 Å². The number of nitrogens with zero attached hydrogens (tertiary/aromatic N) is 3. The highest BCUT2D eigenvalue weighted by Crippen LogP contribution is 2.32. The molecule has 1 aromatic heterocycles. The predicted octanol–water partition coefficient (Wildman–Crippen LogP) is 3.79. The molecule has 2 aromatic carbocycles. The first-order chi connectivity index (χ1) is 17.7. The number of pyridine rings is 1. The minimum absolute atomic E-state index is 0.00809. The third-order valence-electron chi connectivity index (χ3n) is 6.28. The Kier molecular flexibility index (Phi) is 7.52. The molecule has 3 aromatic rings. The van der Waals surface area contributed by atoms with Crippen molar-refractivity contribution >= 4 is 5.91 Å². The normalized spacial score (nSPS) is 15.4. The Hall–Kier alpha value is -3.78. The Bertz CT molecular complexity index is 1180. The summed E-state index contributed by atoms with van der Waals surface area (Å²) < 4.78 is 23.1. The van der Waals surface area contributed by atoms with Gasteiger partial charge in [-0.2, -0.15) is 0 Å². The third kappa shape index (κ3) is 5.71. The third-order valence-corrected chi connectivity index (χ3v) is 6.28. The van der Waals surface area contributed by atoms with E-state index < -0.39 is 0 Å². The monoisotopic (exact) mass is 489 g/mol. The van der Waals surface area contributed by atoms with Crippen molar-refractivity contribution in [3.8, 4) is 23.0 Å². The molecule has 0 N–H and O–H groups in total. The molecule has 2 aliphatic rings. The van der Waals surface area contributed by atoms with Crippen LogP contribution >= 0.6 is 0 Å². The standard InChI is InChI=1S/C28H31N3O5/c1-2-33-27-17-23(6-8-25(27)36-20-22-4-3-9-29-18-22)28(32)31-12-10-30(11-13-31)19-21-5-7-24-26(16-21)35-15-14-34-24/h3-9,16-18H,2,10-15,19-20H2,1H3. The maximum absolute atomic E-state index is 13.2. The van der Waals surface area contributed by atoms with E-state index in [0.717, 1.165) is 36.7 Å². The molecule has 3 heterocycles. The average Bonchev–Trinajstić information content (AvgIpc) is 2.93. The Balaban J connectivity index is 1.18. The molecule has 36 heavy (non-hydrogen) atoms. The van der Waals surface area contributed by atoms with Crippen LogP contribution in [0, 0.1) is 0 Å². The van der Waals surface area contributed by atoms with Crippen LogP contribution in [-0.4, -0.2) is 66.7 Å². The smallest absolute Gasteiger partial charge is 0.254 e. The van der Waals surface area contributed by atoms with Gasteiger partial charge in [-0.15, -0.1) is 0 Å². The molecule has 188 valence electrons. The van der Waals surface area contributed by atoms with E-state index in [1.165, 1.54) is 5.56 Å². The second kappa shape index (κ2) is 11.3. The molecule has 0 aliphatic carbocycles. The van der Waals surface area contributed by atoms with Gasteiger partial charge in [-0.1, -0.05) is 12.1 Å². The van der Waals surface area contributed by atoms with Crippen molar-refractivity contribution in [1.82, 2.24) is 14.8 Å². The zero-order valence-electron chi connectivity index (χ0n) is 20.5. The molecular weight excluding hydrogens is 458 g/mol. The van der Waals surface area contributed by atoms with Crippen molar-refractivity contribution < 1.29 is 23.7 Å². The van der Waals surface area contributed by atoms with E-state index in [-0.39, 0.29) is 5.91 Å². The quantitative estimate of drug-likeness (QED) is 0.477. The second-order valence-electron chi connectivity index (χ2n) is 8.79. The van der Waals surface area contributed by atoms with Crippen LogP contribution in [0.2, 0.25) is 0 Å². The largest absolute Gasteiger partial charge is 0.490 e. The van der Waals surface area contributed by atoms with Crippen LogP contribution in [0.15, 0.2) is 60.9 Å². The SMILES string of the molecule is CCOc1cc(C(=O)N2CCN(Cc3ccc4c(c3)OCCO4)CC2)ccc1OCc1cccnc1. The summed E-state index contributed by atoms with van der Waals surface area (Å²) in [5.74, 6) is 2.81. The predicted molar refractivity (Wildman–Crippen MR) is 135 cm³/mol. The fourth-order valence-electron chi connectivity index (χ4n) is 4.41. The molecule has 1 saturated heterocycles. The summed E-state index contributed by atoms with van der Waals surface area (Å²) in [6.45, 7) is 7.74. The molecule has 0 atom stereocenters. The highest BCUT2D eigenvalue weighted by molar-refractivity contribution is 5.95. The number of fused-ring (bicyclic) bond motifs is 1. The summed E-state index contributed by atoms with van der Waals surface area (Å²) in [6.07, 6.45) is 3.50. The molecule has 8 nitrogen and oxygen atoms in total. The number of benzene rings is 2. The van der Waals surface area contributed by atoms with Gasteiger partial charge in [0.15, 0.2) is 23.0 Å². The van der Waals surface area contributed by atoms with E-state index in [1.807, 2.05) is 42.2 Å². The van der Waals surface area contributed by atoms with Gasteiger partial charge in [-0.05, 0) is 48.9 Å². The first-order valence-electron chi connectivity index (χ1n) is 12.4. The number of carbonyl (C=O) groups is 1. The molecule has 0 unspecified atom stereocenters. The average molecular weight is 490 g/mol. The molecule has 2 aliphatic heterocycles. The number of aromatic nitrogens is 1. The summed E-state index contributed by atoms with van der Waals surface area (Å²) in [4.78, 5) is 21.6. The van der Waals surface area contributed by atoms with Crippen molar-refractivity contribution in [2.75, 3.05) is 46.0 Å². The summed E-state index contributed by atoms with van der Waals surface area (Å²) in [5.41, 5.74) is 2.75.